The summed E-state index contributed by atoms with van der Waals surface area (Å²) in [5, 5.41) is 9.80. The van der Waals surface area contributed by atoms with E-state index >= 15 is 0 Å². The zero-order chi connectivity index (χ0) is 16.0. The van der Waals surface area contributed by atoms with E-state index < -0.39 is 0 Å². The van der Waals surface area contributed by atoms with Crippen LogP contribution in [0.2, 0.25) is 0 Å². The number of hydrogen-bond donors (Lipinski definition) is 1. The van der Waals surface area contributed by atoms with E-state index in [1.807, 2.05) is 0 Å². The predicted molar refractivity (Wildman–Crippen MR) is 91.2 cm³/mol. The van der Waals surface area contributed by atoms with Crippen LogP contribution in [0.3, 0.4) is 0 Å². The molecule has 2 aliphatic rings. The van der Waals surface area contributed by atoms with E-state index in [9.17, 15) is 5.11 Å². The van der Waals surface area contributed by atoms with Crippen LogP contribution < -0.4 is 4.74 Å². The van der Waals surface area contributed by atoms with Crippen molar-refractivity contribution in [2.45, 2.75) is 64.4 Å². The van der Waals surface area contributed by atoms with Crippen LogP contribution in [0.25, 0.3) is 5.57 Å². The molecule has 1 N–H and O–H groups in total. The highest BCUT2D eigenvalue weighted by molar-refractivity contribution is 5.74. The number of benzene rings is 1. The van der Waals surface area contributed by atoms with Gasteiger partial charge in [-0.1, -0.05) is 32.4 Å². The number of unbranched alkanes of at least 4 members (excludes halogenated alkanes) is 1. The zero-order valence-electron chi connectivity index (χ0n) is 14.3. The van der Waals surface area contributed by atoms with Gasteiger partial charge in [0.25, 0.3) is 0 Å². The van der Waals surface area contributed by atoms with Crippen molar-refractivity contribution < 1.29 is 9.84 Å². The molecule has 120 valence electrons. The number of hydrogen-bond acceptors (Lipinski definition) is 2. The van der Waals surface area contributed by atoms with Crippen LogP contribution in [0.15, 0.2) is 24.3 Å². The molecular weight excluding hydrogens is 272 g/mol. The molecule has 1 aromatic carbocycles. The minimum Gasteiger partial charge on any atom is -0.483 e. The Morgan fingerprint density at radius 1 is 1.32 bits per heavy atom. The van der Waals surface area contributed by atoms with E-state index in [1.165, 1.54) is 29.5 Å². The third-order valence-corrected chi connectivity index (χ3v) is 5.33. The number of aliphatic hydroxyl groups excluding tert-OH is 1. The molecule has 2 atom stereocenters. The first-order valence-electron chi connectivity index (χ1n) is 8.58. The maximum atomic E-state index is 9.80. The Hall–Kier alpha value is -1.28. The van der Waals surface area contributed by atoms with Gasteiger partial charge in [-0.05, 0) is 62.3 Å². The van der Waals surface area contributed by atoms with E-state index in [0.29, 0.717) is 5.92 Å². The fraction of sp³-hybridized carbons (Fsp3) is 0.600. The second kappa shape index (κ2) is 5.42. The van der Waals surface area contributed by atoms with Gasteiger partial charge in [0.1, 0.15) is 11.4 Å². The van der Waals surface area contributed by atoms with Gasteiger partial charge in [0.05, 0.1) is 6.61 Å². The average molecular weight is 300 g/mol. The fourth-order valence-corrected chi connectivity index (χ4v) is 3.77. The van der Waals surface area contributed by atoms with Gasteiger partial charge in [-0.25, -0.2) is 0 Å². The molecule has 0 saturated heterocycles. The van der Waals surface area contributed by atoms with Crippen LogP contribution in [0.1, 0.15) is 64.5 Å². The first-order valence-corrected chi connectivity index (χ1v) is 8.58. The lowest BCUT2D eigenvalue weighted by Crippen LogP contribution is -2.29. The Kier molecular flexibility index (Phi) is 3.84. The Morgan fingerprint density at radius 2 is 2.05 bits per heavy atom. The van der Waals surface area contributed by atoms with Crippen molar-refractivity contribution in [2.75, 3.05) is 6.61 Å². The summed E-state index contributed by atoms with van der Waals surface area (Å²) in [6, 6.07) is 6.57. The highest BCUT2D eigenvalue weighted by atomic mass is 16.5. The normalized spacial score (nSPS) is 28.6. The summed E-state index contributed by atoms with van der Waals surface area (Å²) >= 11 is 0. The lowest BCUT2D eigenvalue weighted by molar-refractivity contribution is 0.157. The third kappa shape index (κ3) is 2.58. The lowest BCUT2D eigenvalue weighted by atomic mass is 9.87. The summed E-state index contributed by atoms with van der Waals surface area (Å²) < 4.78 is 6.21. The summed E-state index contributed by atoms with van der Waals surface area (Å²) in [6.07, 6.45) is 6.87. The number of ether oxygens (including phenoxy) is 1. The van der Waals surface area contributed by atoms with Crippen molar-refractivity contribution in [1.29, 1.82) is 0 Å². The summed E-state index contributed by atoms with van der Waals surface area (Å²) in [4.78, 5) is 0. The molecule has 2 heteroatoms. The van der Waals surface area contributed by atoms with Crippen LogP contribution in [0.4, 0.5) is 0 Å². The third-order valence-electron chi connectivity index (χ3n) is 5.33. The lowest BCUT2D eigenvalue weighted by Gasteiger charge is -2.32. The maximum Gasteiger partial charge on any atom is 0.128 e. The molecule has 1 saturated carbocycles. The smallest absolute Gasteiger partial charge is 0.128 e. The Balaban J connectivity index is 1.97. The summed E-state index contributed by atoms with van der Waals surface area (Å²) in [7, 11) is 0. The van der Waals surface area contributed by atoms with Crippen molar-refractivity contribution in [3.8, 4) is 5.75 Å². The summed E-state index contributed by atoms with van der Waals surface area (Å²) in [5.41, 5.74) is 3.58. The second-order valence-electron chi connectivity index (χ2n) is 7.61. The van der Waals surface area contributed by atoms with E-state index in [-0.39, 0.29) is 17.6 Å². The summed E-state index contributed by atoms with van der Waals surface area (Å²) in [5.74, 6) is 1.55. The number of fused-ring (bicyclic) bond motifs is 1. The Bertz CT molecular complexity index is 596. The van der Waals surface area contributed by atoms with Crippen LogP contribution in [-0.4, -0.2) is 17.3 Å². The quantitative estimate of drug-likeness (QED) is 0.854. The van der Waals surface area contributed by atoms with Gasteiger partial charge in [-0.2, -0.15) is 0 Å². The molecule has 0 amide bonds. The molecule has 0 unspecified atom stereocenters. The molecule has 0 bridgehead atoms. The fourth-order valence-electron chi connectivity index (χ4n) is 3.77. The topological polar surface area (TPSA) is 29.5 Å². The molecule has 1 aliphatic heterocycles. The van der Waals surface area contributed by atoms with Gasteiger partial charge in [0.2, 0.25) is 0 Å². The largest absolute Gasteiger partial charge is 0.483 e. The SMILES string of the molecule is CCCCC1=CC(C)(C)Oc2cc([C@@]3(CO)C[C@@H]3C)ccc21. The van der Waals surface area contributed by atoms with Gasteiger partial charge in [-0.15, -0.1) is 0 Å². The van der Waals surface area contributed by atoms with Crippen molar-refractivity contribution in [3.63, 3.8) is 0 Å². The van der Waals surface area contributed by atoms with E-state index in [2.05, 4.69) is 52.0 Å². The van der Waals surface area contributed by atoms with Gasteiger partial charge in [-0.3, -0.25) is 0 Å². The van der Waals surface area contributed by atoms with Crippen LogP contribution in [0, 0.1) is 5.92 Å². The van der Waals surface area contributed by atoms with Gasteiger partial charge >= 0.3 is 0 Å². The minimum absolute atomic E-state index is 0.0344. The predicted octanol–water partition coefficient (Wildman–Crippen LogP) is 4.70. The first-order chi connectivity index (χ1) is 10.4. The molecule has 0 spiro atoms. The molecule has 3 rings (SSSR count). The molecule has 0 aromatic heterocycles. The van der Waals surface area contributed by atoms with Gasteiger partial charge < -0.3 is 9.84 Å². The molecule has 1 heterocycles. The molecule has 2 nitrogen and oxygen atoms in total. The van der Waals surface area contributed by atoms with Crippen LogP contribution in [0.5, 0.6) is 5.75 Å². The standard InChI is InChI=1S/C20H28O2/c1-5-6-7-15-12-19(3,4)22-18-10-16(8-9-17(15)18)20(13-21)11-14(20)2/h8-10,12,14,21H,5-7,11,13H2,1-4H3/t14-,20+/m0/s1. The Morgan fingerprint density at radius 3 is 2.64 bits per heavy atom. The maximum absolute atomic E-state index is 9.80. The highest BCUT2D eigenvalue weighted by Crippen LogP contribution is 2.55. The average Bonchev–Trinajstić information content (AvgIpc) is 3.15. The summed E-state index contributed by atoms with van der Waals surface area (Å²) in [6.45, 7) is 8.92. The van der Waals surface area contributed by atoms with Gasteiger partial charge in [0, 0.05) is 11.0 Å². The monoisotopic (exact) mass is 300 g/mol. The van der Waals surface area contributed by atoms with E-state index in [1.54, 1.807) is 0 Å². The van der Waals surface area contributed by atoms with Crippen molar-refractivity contribution in [3.05, 3.63) is 35.4 Å². The van der Waals surface area contributed by atoms with Gasteiger partial charge in [0.15, 0.2) is 0 Å². The van der Waals surface area contributed by atoms with Crippen molar-refractivity contribution >= 4 is 5.57 Å². The molecule has 0 radical (unpaired) electrons. The first kappa shape index (κ1) is 15.6. The van der Waals surface area contributed by atoms with Crippen molar-refractivity contribution in [1.82, 2.24) is 0 Å². The number of allylic oxidation sites excluding steroid dienone is 1. The van der Waals surface area contributed by atoms with E-state index in [0.717, 1.165) is 18.6 Å². The highest BCUT2D eigenvalue weighted by Gasteiger charge is 2.52. The second-order valence-corrected chi connectivity index (χ2v) is 7.61. The Labute approximate surface area is 134 Å². The molecule has 1 fully saturated rings. The number of rotatable bonds is 5. The molecule has 1 aromatic rings. The molecular formula is C20H28O2. The van der Waals surface area contributed by atoms with Crippen molar-refractivity contribution in [2.24, 2.45) is 5.92 Å². The van der Waals surface area contributed by atoms with Crippen LogP contribution in [-0.2, 0) is 5.41 Å². The molecule has 1 aliphatic carbocycles. The van der Waals surface area contributed by atoms with E-state index in [4.69, 9.17) is 4.74 Å². The minimum atomic E-state index is -0.254. The zero-order valence-corrected chi connectivity index (χ0v) is 14.3. The molecule has 22 heavy (non-hydrogen) atoms. The number of aliphatic hydroxyl groups is 1. The van der Waals surface area contributed by atoms with Crippen LogP contribution >= 0.6 is 0 Å².